The second-order valence-corrected chi connectivity index (χ2v) is 10.8. The highest BCUT2D eigenvalue weighted by molar-refractivity contribution is 7.89. The Morgan fingerprint density at radius 1 is 1.00 bits per heavy atom. The summed E-state index contributed by atoms with van der Waals surface area (Å²) in [6, 6.07) is 17.0. The number of rotatable bonds is 11. The summed E-state index contributed by atoms with van der Waals surface area (Å²) in [5.41, 5.74) is 0.623. The van der Waals surface area contributed by atoms with Crippen molar-refractivity contribution in [3.05, 3.63) is 78.1 Å². The first-order valence-electron chi connectivity index (χ1n) is 11.9. The van der Waals surface area contributed by atoms with E-state index in [1.807, 2.05) is 31.2 Å². The fraction of sp³-hybridized carbons (Fsp3) is 0.333. The molecule has 0 saturated carbocycles. The van der Waals surface area contributed by atoms with Gasteiger partial charge in [-0.3, -0.25) is 9.59 Å². The summed E-state index contributed by atoms with van der Waals surface area (Å²) in [5.74, 6) is -1.29. The molecule has 36 heavy (non-hydrogen) atoms. The maximum absolute atomic E-state index is 13.4. The third kappa shape index (κ3) is 6.67. The lowest BCUT2D eigenvalue weighted by molar-refractivity contribution is -0.140. The molecule has 0 aliphatic rings. The van der Waals surface area contributed by atoms with Gasteiger partial charge < -0.3 is 10.2 Å². The molecule has 0 bridgehead atoms. The van der Waals surface area contributed by atoms with E-state index >= 15 is 0 Å². The van der Waals surface area contributed by atoms with Gasteiger partial charge in [0.15, 0.2) is 0 Å². The van der Waals surface area contributed by atoms with Crippen LogP contribution in [-0.4, -0.2) is 55.6 Å². The quantitative estimate of drug-likeness (QED) is 0.394. The van der Waals surface area contributed by atoms with Gasteiger partial charge in [0, 0.05) is 20.1 Å². The minimum absolute atomic E-state index is 0.0331. The summed E-state index contributed by atoms with van der Waals surface area (Å²) in [7, 11) is -2.63. The highest BCUT2D eigenvalue weighted by Gasteiger charge is 2.30. The van der Waals surface area contributed by atoms with Crippen molar-refractivity contribution < 1.29 is 22.4 Å². The van der Waals surface area contributed by atoms with Gasteiger partial charge in [-0.1, -0.05) is 55.8 Å². The maximum Gasteiger partial charge on any atom is 0.243 e. The minimum Gasteiger partial charge on any atom is -0.354 e. The van der Waals surface area contributed by atoms with Crippen molar-refractivity contribution in [3.8, 4) is 0 Å². The highest BCUT2D eigenvalue weighted by atomic mass is 32.2. The summed E-state index contributed by atoms with van der Waals surface area (Å²) in [6.45, 7) is 3.66. The standard InChI is InChI=1S/C27H32FN3O4S/c1-4-5-16-29-27(33)20(2)31(18-21-10-13-24(28)14-11-21)26(32)19-30(3)36(34,35)25-15-12-22-8-6-7-9-23(22)17-25/h6-15,17,20H,4-5,16,18-19H2,1-3H3,(H,29,33)/t20-/m0/s1. The van der Waals surface area contributed by atoms with Crippen LogP contribution in [0.1, 0.15) is 32.3 Å². The number of sulfonamides is 1. The van der Waals surface area contributed by atoms with Crippen molar-refractivity contribution in [2.24, 2.45) is 0 Å². The maximum atomic E-state index is 13.4. The van der Waals surface area contributed by atoms with Gasteiger partial charge in [-0.2, -0.15) is 4.31 Å². The normalized spacial score (nSPS) is 12.5. The molecule has 3 aromatic rings. The predicted octanol–water partition coefficient (Wildman–Crippen LogP) is 3.93. The Labute approximate surface area is 212 Å². The number of benzene rings is 3. The van der Waals surface area contributed by atoms with Crippen molar-refractivity contribution in [2.45, 2.75) is 44.2 Å². The number of halogens is 1. The third-order valence-corrected chi connectivity index (χ3v) is 7.85. The number of likely N-dealkylation sites (N-methyl/N-ethyl adjacent to an activating group) is 1. The number of fused-ring (bicyclic) bond motifs is 1. The predicted molar refractivity (Wildman–Crippen MR) is 138 cm³/mol. The van der Waals surface area contributed by atoms with Gasteiger partial charge >= 0.3 is 0 Å². The van der Waals surface area contributed by atoms with Crippen LogP contribution in [0.4, 0.5) is 4.39 Å². The summed E-state index contributed by atoms with van der Waals surface area (Å²) < 4.78 is 40.9. The second-order valence-electron chi connectivity index (χ2n) is 8.74. The average molecular weight is 514 g/mol. The number of unbranched alkanes of at least 4 members (excludes halogenated alkanes) is 1. The molecule has 0 aliphatic heterocycles. The Balaban J connectivity index is 1.81. The van der Waals surface area contributed by atoms with E-state index in [9.17, 15) is 22.4 Å². The largest absolute Gasteiger partial charge is 0.354 e. The van der Waals surface area contributed by atoms with Crippen LogP contribution in [0.2, 0.25) is 0 Å². The van der Waals surface area contributed by atoms with E-state index in [-0.39, 0.29) is 17.3 Å². The molecule has 0 radical (unpaired) electrons. The SMILES string of the molecule is CCCCNC(=O)[C@H](C)N(Cc1ccc(F)cc1)C(=O)CN(C)S(=O)(=O)c1ccc2ccccc2c1. The molecule has 3 aromatic carbocycles. The summed E-state index contributed by atoms with van der Waals surface area (Å²) in [4.78, 5) is 27.5. The Morgan fingerprint density at radius 2 is 1.67 bits per heavy atom. The lowest BCUT2D eigenvalue weighted by Crippen LogP contribution is -2.50. The molecule has 0 spiro atoms. The van der Waals surface area contributed by atoms with Gasteiger partial charge in [-0.05, 0) is 53.9 Å². The van der Waals surface area contributed by atoms with Gasteiger partial charge in [0.05, 0.1) is 11.4 Å². The Morgan fingerprint density at radius 3 is 2.33 bits per heavy atom. The van der Waals surface area contributed by atoms with E-state index in [0.717, 1.165) is 27.9 Å². The first-order chi connectivity index (χ1) is 17.1. The first-order valence-corrected chi connectivity index (χ1v) is 13.3. The van der Waals surface area contributed by atoms with E-state index in [2.05, 4.69) is 5.32 Å². The zero-order chi connectivity index (χ0) is 26.3. The van der Waals surface area contributed by atoms with Gasteiger partial charge in [0.25, 0.3) is 0 Å². The average Bonchev–Trinajstić information content (AvgIpc) is 2.87. The van der Waals surface area contributed by atoms with E-state index in [4.69, 9.17) is 0 Å². The molecule has 1 atom stereocenters. The van der Waals surface area contributed by atoms with Crippen LogP contribution < -0.4 is 5.32 Å². The Kier molecular flexibility index (Phi) is 9.17. The van der Waals surface area contributed by atoms with Crippen LogP contribution in [0, 0.1) is 5.82 Å². The Hall–Kier alpha value is -3.30. The van der Waals surface area contributed by atoms with Crippen LogP contribution in [0.25, 0.3) is 10.8 Å². The number of amides is 2. The van der Waals surface area contributed by atoms with E-state index in [0.29, 0.717) is 12.1 Å². The molecular weight excluding hydrogens is 481 g/mol. The number of hydrogen-bond acceptors (Lipinski definition) is 4. The van der Waals surface area contributed by atoms with Crippen molar-refractivity contribution in [1.29, 1.82) is 0 Å². The molecule has 0 heterocycles. The summed E-state index contributed by atoms with van der Waals surface area (Å²) in [5, 5.41) is 4.49. The first kappa shape index (κ1) is 27.3. The molecule has 0 fully saturated rings. The Bertz CT molecular complexity index is 1310. The monoisotopic (exact) mass is 513 g/mol. The summed E-state index contributed by atoms with van der Waals surface area (Å²) >= 11 is 0. The van der Waals surface area contributed by atoms with E-state index in [1.54, 1.807) is 19.1 Å². The molecule has 0 unspecified atom stereocenters. The van der Waals surface area contributed by atoms with Crippen molar-refractivity contribution in [1.82, 2.24) is 14.5 Å². The lowest BCUT2D eigenvalue weighted by Gasteiger charge is -2.30. The van der Waals surface area contributed by atoms with Crippen LogP contribution in [0.3, 0.4) is 0 Å². The molecule has 2 amide bonds. The lowest BCUT2D eigenvalue weighted by atomic mass is 10.1. The van der Waals surface area contributed by atoms with Gasteiger partial charge in [-0.25, -0.2) is 12.8 Å². The number of carbonyl (C=O) groups is 2. The van der Waals surface area contributed by atoms with Crippen molar-refractivity contribution in [2.75, 3.05) is 20.1 Å². The second kappa shape index (κ2) is 12.1. The number of nitrogens with one attached hydrogen (secondary N) is 1. The molecule has 0 aromatic heterocycles. The zero-order valence-corrected chi connectivity index (χ0v) is 21.6. The van der Waals surface area contributed by atoms with Crippen LogP contribution in [0.5, 0.6) is 0 Å². The van der Waals surface area contributed by atoms with Gasteiger partial charge in [0.2, 0.25) is 21.8 Å². The molecule has 7 nitrogen and oxygen atoms in total. The van der Waals surface area contributed by atoms with Crippen LogP contribution in [-0.2, 0) is 26.2 Å². The molecule has 0 aliphatic carbocycles. The molecule has 9 heteroatoms. The summed E-state index contributed by atoms with van der Waals surface area (Å²) in [6.07, 6.45) is 1.71. The number of nitrogens with zero attached hydrogens (tertiary/aromatic N) is 2. The fourth-order valence-electron chi connectivity index (χ4n) is 3.78. The molecule has 3 rings (SSSR count). The third-order valence-electron chi connectivity index (χ3n) is 6.05. The van der Waals surface area contributed by atoms with Gasteiger partial charge in [0.1, 0.15) is 11.9 Å². The molecule has 192 valence electrons. The zero-order valence-electron chi connectivity index (χ0n) is 20.8. The highest BCUT2D eigenvalue weighted by Crippen LogP contribution is 2.22. The van der Waals surface area contributed by atoms with Crippen LogP contribution >= 0.6 is 0 Å². The molecular formula is C27H32FN3O4S. The van der Waals surface area contributed by atoms with E-state index < -0.39 is 34.3 Å². The van der Waals surface area contributed by atoms with E-state index in [1.165, 1.54) is 42.3 Å². The molecule has 1 N–H and O–H groups in total. The smallest absolute Gasteiger partial charge is 0.243 e. The van der Waals surface area contributed by atoms with Crippen LogP contribution in [0.15, 0.2) is 71.6 Å². The number of carbonyl (C=O) groups excluding carboxylic acids is 2. The minimum atomic E-state index is -3.97. The number of hydrogen-bond donors (Lipinski definition) is 1. The molecule has 0 saturated heterocycles. The van der Waals surface area contributed by atoms with Crippen molar-refractivity contribution >= 4 is 32.6 Å². The fourth-order valence-corrected chi connectivity index (χ4v) is 4.94. The topological polar surface area (TPSA) is 86.8 Å². The van der Waals surface area contributed by atoms with Crippen molar-refractivity contribution in [3.63, 3.8) is 0 Å². The van der Waals surface area contributed by atoms with Gasteiger partial charge in [-0.15, -0.1) is 0 Å².